The van der Waals surface area contributed by atoms with E-state index in [9.17, 15) is 8.42 Å². The molecule has 0 saturated carbocycles. The highest BCUT2D eigenvalue weighted by atomic mass is 32.2. The Morgan fingerprint density at radius 1 is 0.900 bits per heavy atom. The molecule has 0 fully saturated rings. The first-order valence-corrected chi connectivity index (χ1v) is 9.38. The minimum Gasteiger partial charge on any atom is -0.317 e. The number of unbranched alkanes of at least 4 members (excludes halogenated alkanes) is 1. The minimum atomic E-state index is -3.09. The number of hydrogen-bond acceptors (Lipinski definition) is 4. The molecule has 0 unspecified atom stereocenters. The molecule has 0 aliphatic heterocycles. The normalized spacial score (nSPS) is 12.5. The minimum absolute atomic E-state index is 0.272. The molecule has 5 nitrogen and oxygen atoms in total. The molecule has 6 heteroatoms. The second kappa shape index (κ2) is 11.5. The van der Waals surface area contributed by atoms with Gasteiger partial charge in [-0.2, -0.15) is 0 Å². The molecule has 0 rings (SSSR count). The molecule has 0 saturated heterocycles. The number of sulfonamides is 1. The van der Waals surface area contributed by atoms with Crippen LogP contribution in [0.5, 0.6) is 0 Å². The van der Waals surface area contributed by atoms with Gasteiger partial charge in [-0.3, -0.25) is 0 Å². The fraction of sp³-hybridized carbons (Fsp3) is 1.00. The maximum atomic E-state index is 12.3. The van der Waals surface area contributed by atoms with Crippen molar-refractivity contribution in [3.8, 4) is 0 Å². The molecule has 1 N–H and O–H groups in total. The predicted octanol–water partition coefficient (Wildman–Crippen LogP) is 1.37. The zero-order valence-corrected chi connectivity index (χ0v) is 14.5. The Morgan fingerprint density at radius 2 is 1.60 bits per heavy atom. The molecule has 0 heterocycles. The van der Waals surface area contributed by atoms with E-state index in [1.807, 2.05) is 25.9 Å². The molecule has 0 radical (unpaired) electrons. The first-order valence-electron chi connectivity index (χ1n) is 7.77. The average Bonchev–Trinajstić information content (AvgIpc) is 2.38. The Labute approximate surface area is 125 Å². The Bertz CT molecular complexity index is 318. The van der Waals surface area contributed by atoms with Gasteiger partial charge in [-0.1, -0.05) is 13.8 Å². The van der Waals surface area contributed by atoms with Crippen LogP contribution in [0.2, 0.25) is 0 Å². The van der Waals surface area contributed by atoms with Crippen LogP contribution >= 0.6 is 0 Å². The highest BCUT2D eigenvalue weighted by molar-refractivity contribution is 7.89. The van der Waals surface area contributed by atoms with Crippen molar-refractivity contribution in [3.63, 3.8) is 0 Å². The van der Waals surface area contributed by atoms with Gasteiger partial charge in [0.15, 0.2) is 0 Å². The number of hydrogen-bond donors (Lipinski definition) is 1. The molecule has 0 aliphatic carbocycles. The molecule has 0 aromatic heterocycles. The molecule has 20 heavy (non-hydrogen) atoms. The van der Waals surface area contributed by atoms with Gasteiger partial charge in [0.2, 0.25) is 10.0 Å². The molecule has 0 atom stereocenters. The molecule has 0 spiro atoms. The summed E-state index contributed by atoms with van der Waals surface area (Å²) in [4.78, 5) is 2.02. The van der Waals surface area contributed by atoms with E-state index in [2.05, 4.69) is 12.2 Å². The number of nitrogens with one attached hydrogen (secondary N) is 1. The first-order chi connectivity index (χ1) is 9.44. The Morgan fingerprint density at radius 3 is 2.15 bits per heavy atom. The fourth-order valence-electron chi connectivity index (χ4n) is 1.92. The lowest BCUT2D eigenvalue weighted by atomic mass is 10.3. The number of nitrogens with zero attached hydrogens (tertiary/aromatic N) is 2. The number of likely N-dealkylation sites (N-methyl/N-ethyl adjacent to an activating group) is 1. The summed E-state index contributed by atoms with van der Waals surface area (Å²) in [5.74, 6) is 0.272. The third-order valence-electron chi connectivity index (χ3n) is 3.10. The van der Waals surface area contributed by atoms with Gasteiger partial charge in [0.1, 0.15) is 0 Å². The van der Waals surface area contributed by atoms with Crippen LogP contribution in [0.15, 0.2) is 0 Å². The summed E-state index contributed by atoms with van der Waals surface area (Å²) < 4.78 is 26.3. The summed E-state index contributed by atoms with van der Waals surface area (Å²) in [7, 11) is 0.843. The fourth-order valence-corrected chi connectivity index (χ4v) is 3.56. The zero-order valence-electron chi connectivity index (χ0n) is 13.7. The predicted molar refractivity (Wildman–Crippen MR) is 86.6 cm³/mol. The molecular formula is C14H33N3O2S. The van der Waals surface area contributed by atoms with Crippen LogP contribution < -0.4 is 5.32 Å². The third kappa shape index (κ3) is 9.69. The van der Waals surface area contributed by atoms with Gasteiger partial charge in [-0.25, -0.2) is 12.7 Å². The quantitative estimate of drug-likeness (QED) is 0.522. The van der Waals surface area contributed by atoms with Crippen LogP contribution in [0.3, 0.4) is 0 Å². The van der Waals surface area contributed by atoms with Crippen molar-refractivity contribution in [2.75, 3.05) is 52.6 Å². The van der Waals surface area contributed by atoms with Crippen molar-refractivity contribution < 1.29 is 8.42 Å². The lowest BCUT2D eigenvalue weighted by Gasteiger charge is -2.23. The molecule has 0 aromatic rings. The van der Waals surface area contributed by atoms with Crippen LogP contribution in [-0.2, 0) is 10.0 Å². The maximum Gasteiger partial charge on any atom is 0.214 e. The van der Waals surface area contributed by atoms with Crippen LogP contribution in [0, 0.1) is 0 Å². The van der Waals surface area contributed by atoms with E-state index in [-0.39, 0.29) is 5.75 Å². The second-order valence-corrected chi connectivity index (χ2v) is 7.56. The van der Waals surface area contributed by atoms with Crippen LogP contribution in [0.1, 0.15) is 39.5 Å². The summed E-state index contributed by atoms with van der Waals surface area (Å²) in [6, 6.07) is 0. The maximum absolute atomic E-state index is 12.3. The SMILES string of the molecule is CCCNCCCCS(=O)(=O)N(CCC)CCN(C)C. The summed E-state index contributed by atoms with van der Waals surface area (Å²) in [6.07, 6.45) is 3.64. The Balaban J connectivity index is 4.12. The molecule has 0 aliphatic rings. The van der Waals surface area contributed by atoms with Crippen LogP contribution in [-0.4, -0.2) is 70.2 Å². The van der Waals surface area contributed by atoms with Crippen molar-refractivity contribution in [1.82, 2.24) is 14.5 Å². The van der Waals surface area contributed by atoms with Gasteiger partial charge in [-0.15, -0.1) is 0 Å². The summed E-state index contributed by atoms with van der Waals surface area (Å²) in [5.41, 5.74) is 0. The third-order valence-corrected chi connectivity index (χ3v) is 5.05. The summed E-state index contributed by atoms with van der Waals surface area (Å²) in [5, 5.41) is 3.30. The summed E-state index contributed by atoms with van der Waals surface area (Å²) in [6.45, 7) is 8.07. The largest absolute Gasteiger partial charge is 0.317 e. The monoisotopic (exact) mass is 307 g/mol. The van der Waals surface area contributed by atoms with Gasteiger partial charge >= 0.3 is 0 Å². The van der Waals surface area contributed by atoms with Crippen molar-refractivity contribution in [2.24, 2.45) is 0 Å². The zero-order chi connectivity index (χ0) is 15.4. The van der Waals surface area contributed by atoms with Gasteiger partial charge in [0, 0.05) is 19.6 Å². The molecule has 122 valence electrons. The summed E-state index contributed by atoms with van der Waals surface area (Å²) >= 11 is 0. The highest BCUT2D eigenvalue weighted by Crippen LogP contribution is 2.06. The van der Waals surface area contributed by atoms with E-state index in [1.165, 1.54) is 0 Å². The standard InChI is InChI=1S/C14H33N3O2S/c1-5-9-15-10-7-8-14-20(18,19)17(11-6-2)13-12-16(3)4/h15H,5-14H2,1-4H3. The lowest BCUT2D eigenvalue weighted by Crippen LogP contribution is -2.38. The van der Waals surface area contributed by atoms with Crippen molar-refractivity contribution in [3.05, 3.63) is 0 Å². The van der Waals surface area contributed by atoms with E-state index in [4.69, 9.17) is 0 Å². The topological polar surface area (TPSA) is 52.7 Å². The molecule has 0 bridgehead atoms. The second-order valence-electron chi connectivity index (χ2n) is 5.48. The van der Waals surface area contributed by atoms with Crippen LogP contribution in [0.4, 0.5) is 0 Å². The lowest BCUT2D eigenvalue weighted by molar-refractivity contribution is 0.332. The molecular weight excluding hydrogens is 274 g/mol. The molecule has 0 aromatic carbocycles. The van der Waals surface area contributed by atoms with Crippen molar-refractivity contribution in [2.45, 2.75) is 39.5 Å². The molecule has 0 amide bonds. The van der Waals surface area contributed by atoms with Gasteiger partial charge in [-0.05, 0) is 52.9 Å². The first kappa shape index (κ1) is 19.8. The Hall–Kier alpha value is -0.170. The van der Waals surface area contributed by atoms with E-state index in [1.54, 1.807) is 4.31 Å². The van der Waals surface area contributed by atoms with Gasteiger partial charge in [0.25, 0.3) is 0 Å². The van der Waals surface area contributed by atoms with Crippen LogP contribution in [0.25, 0.3) is 0 Å². The van der Waals surface area contributed by atoms with Gasteiger partial charge in [0.05, 0.1) is 5.75 Å². The van der Waals surface area contributed by atoms with Crippen molar-refractivity contribution >= 4 is 10.0 Å². The van der Waals surface area contributed by atoms with E-state index < -0.39 is 10.0 Å². The Kier molecular flexibility index (Phi) is 11.4. The van der Waals surface area contributed by atoms with Gasteiger partial charge < -0.3 is 10.2 Å². The van der Waals surface area contributed by atoms with E-state index in [0.717, 1.165) is 45.3 Å². The number of rotatable bonds is 13. The van der Waals surface area contributed by atoms with Crippen molar-refractivity contribution in [1.29, 1.82) is 0 Å². The average molecular weight is 308 g/mol. The van der Waals surface area contributed by atoms with E-state index >= 15 is 0 Å². The van der Waals surface area contributed by atoms with E-state index in [0.29, 0.717) is 13.1 Å². The smallest absolute Gasteiger partial charge is 0.214 e. The highest BCUT2D eigenvalue weighted by Gasteiger charge is 2.20.